The number of nitrogens with one attached hydrogen (secondary N) is 2. The number of nitrogens with zero attached hydrogens (tertiary/aromatic N) is 2. The molecule has 0 aliphatic rings. The van der Waals surface area contributed by atoms with E-state index in [1.165, 1.54) is 0 Å². The van der Waals surface area contributed by atoms with Crippen molar-refractivity contribution in [2.75, 3.05) is 18.8 Å². The molecule has 0 aliphatic carbocycles. The number of aromatic nitrogens is 2. The van der Waals surface area contributed by atoms with Gasteiger partial charge in [-0.25, -0.2) is 0 Å². The van der Waals surface area contributed by atoms with E-state index >= 15 is 0 Å². The predicted molar refractivity (Wildman–Crippen MR) is 81.6 cm³/mol. The van der Waals surface area contributed by atoms with Crippen LogP contribution in [-0.2, 0) is 16.1 Å². The van der Waals surface area contributed by atoms with Crippen LogP contribution in [0.5, 0.6) is 0 Å². The third kappa shape index (κ3) is 5.45. The van der Waals surface area contributed by atoms with Gasteiger partial charge in [0.1, 0.15) is 6.54 Å². The smallest absolute Gasteiger partial charge is 0.241 e. The largest absolute Gasteiger partial charge is 0.396 e. The summed E-state index contributed by atoms with van der Waals surface area (Å²) in [5.41, 5.74) is 7.91. The van der Waals surface area contributed by atoms with E-state index in [2.05, 4.69) is 15.7 Å². The molecule has 0 saturated heterocycles. The van der Waals surface area contributed by atoms with Crippen molar-refractivity contribution < 1.29 is 9.59 Å². The topological polar surface area (TPSA) is 102 Å². The summed E-state index contributed by atoms with van der Waals surface area (Å²) in [6.45, 7) is 8.76. The van der Waals surface area contributed by atoms with Crippen molar-refractivity contribution in [2.45, 2.75) is 40.7 Å². The molecule has 0 saturated carbocycles. The SMILES string of the molecule is Cc1nn(CC(=O)NCCC(=O)NCC(C)C)c(C)c1N. The number of amides is 2. The summed E-state index contributed by atoms with van der Waals surface area (Å²) in [4.78, 5) is 23.3. The van der Waals surface area contributed by atoms with Crippen LogP contribution in [-0.4, -0.2) is 34.7 Å². The number of aryl methyl sites for hydroxylation is 1. The van der Waals surface area contributed by atoms with Gasteiger partial charge in [0.05, 0.1) is 17.1 Å². The summed E-state index contributed by atoms with van der Waals surface area (Å²) in [7, 11) is 0. The van der Waals surface area contributed by atoms with E-state index in [9.17, 15) is 9.59 Å². The number of hydrogen-bond acceptors (Lipinski definition) is 4. The molecule has 1 heterocycles. The standard InChI is InChI=1S/C14H25N5O2/c1-9(2)7-17-12(20)5-6-16-13(21)8-19-11(4)14(15)10(3)18-19/h9H,5-8,15H2,1-4H3,(H,16,21)(H,17,20). The molecule has 0 aliphatic heterocycles. The Morgan fingerprint density at radius 1 is 1.24 bits per heavy atom. The number of rotatable bonds is 7. The van der Waals surface area contributed by atoms with Gasteiger partial charge in [-0.15, -0.1) is 0 Å². The fourth-order valence-electron chi connectivity index (χ4n) is 1.78. The highest BCUT2D eigenvalue weighted by atomic mass is 16.2. The van der Waals surface area contributed by atoms with Gasteiger partial charge >= 0.3 is 0 Å². The summed E-state index contributed by atoms with van der Waals surface area (Å²) < 4.78 is 1.57. The Morgan fingerprint density at radius 3 is 2.43 bits per heavy atom. The lowest BCUT2D eigenvalue weighted by Gasteiger charge is -2.09. The third-order valence-corrected chi connectivity index (χ3v) is 3.11. The molecule has 7 heteroatoms. The molecule has 0 unspecified atom stereocenters. The van der Waals surface area contributed by atoms with Crippen molar-refractivity contribution in [3.8, 4) is 0 Å². The van der Waals surface area contributed by atoms with Crippen LogP contribution >= 0.6 is 0 Å². The van der Waals surface area contributed by atoms with Crippen LogP contribution < -0.4 is 16.4 Å². The number of anilines is 1. The number of hydrogen-bond donors (Lipinski definition) is 3. The zero-order chi connectivity index (χ0) is 16.0. The molecular formula is C14H25N5O2. The quantitative estimate of drug-likeness (QED) is 0.676. The Hall–Kier alpha value is -2.05. The van der Waals surface area contributed by atoms with E-state index in [1.54, 1.807) is 11.6 Å². The Kier molecular flexibility index (Phi) is 6.20. The highest BCUT2D eigenvalue weighted by Crippen LogP contribution is 2.14. The first-order chi connectivity index (χ1) is 9.81. The molecule has 0 radical (unpaired) electrons. The summed E-state index contributed by atoms with van der Waals surface area (Å²) >= 11 is 0. The second-order valence-electron chi connectivity index (χ2n) is 5.54. The van der Waals surface area contributed by atoms with Crippen LogP contribution in [0.25, 0.3) is 0 Å². The van der Waals surface area contributed by atoms with Gasteiger partial charge in [-0.05, 0) is 19.8 Å². The maximum absolute atomic E-state index is 11.8. The van der Waals surface area contributed by atoms with Crippen LogP contribution in [0.4, 0.5) is 5.69 Å². The molecule has 118 valence electrons. The summed E-state index contributed by atoms with van der Waals surface area (Å²) in [5, 5.41) is 9.70. The monoisotopic (exact) mass is 295 g/mol. The van der Waals surface area contributed by atoms with E-state index in [1.807, 2.05) is 20.8 Å². The fraction of sp³-hybridized carbons (Fsp3) is 0.643. The molecule has 1 rings (SSSR count). The Bertz CT molecular complexity index is 508. The average molecular weight is 295 g/mol. The molecule has 0 aromatic carbocycles. The zero-order valence-electron chi connectivity index (χ0n) is 13.2. The molecule has 4 N–H and O–H groups in total. The van der Waals surface area contributed by atoms with Crippen LogP contribution in [0.2, 0.25) is 0 Å². The van der Waals surface area contributed by atoms with E-state index in [0.717, 1.165) is 5.69 Å². The minimum atomic E-state index is -0.183. The Labute approximate surface area is 125 Å². The number of carbonyl (C=O) groups is 2. The molecule has 0 bridgehead atoms. The van der Waals surface area contributed by atoms with Gasteiger partial charge in [0, 0.05) is 19.5 Å². The van der Waals surface area contributed by atoms with Gasteiger partial charge in [-0.1, -0.05) is 13.8 Å². The lowest BCUT2D eigenvalue weighted by Crippen LogP contribution is -2.34. The molecule has 0 fully saturated rings. The van der Waals surface area contributed by atoms with Gasteiger partial charge in [-0.2, -0.15) is 5.10 Å². The highest BCUT2D eigenvalue weighted by Gasteiger charge is 2.11. The van der Waals surface area contributed by atoms with Crippen LogP contribution in [0.1, 0.15) is 31.7 Å². The molecular weight excluding hydrogens is 270 g/mol. The fourth-order valence-corrected chi connectivity index (χ4v) is 1.78. The second-order valence-corrected chi connectivity index (χ2v) is 5.54. The van der Waals surface area contributed by atoms with E-state index in [-0.39, 0.29) is 24.8 Å². The number of carbonyl (C=O) groups excluding carboxylic acids is 2. The number of nitrogen functional groups attached to an aromatic ring is 1. The van der Waals surface area contributed by atoms with Gasteiger partial charge < -0.3 is 16.4 Å². The van der Waals surface area contributed by atoms with Gasteiger partial charge in [0.2, 0.25) is 11.8 Å². The summed E-state index contributed by atoms with van der Waals surface area (Å²) in [6.07, 6.45) is 0.276. The maximum atomic E-state index is 11.8. The van der Waals surface area contributed by atoms with E-state index in [0.29, 0.717) is 30.4 Å². The van der Waals surface area contributed by atoms with Crippen LogP contribution in [0.3, 0.4) is 0 Å². The van der Waals surface area contributed by atoms with Gasteiger partial charge in [-0.3, -0.25) is 14.3 Å². The normalized spacial score (nSPS) is 10.7. The minimum absolute atomic E-state index is 0.0561. The highest BCUT2D eigenvalue weighted by molar-refractivity contribution is 5.78. The van der Waals surface area contributed by atoms with E-state index in [4.69, 9.17) is 5.73 Å². The average Bonchev–Trinajstić information content (AvgIpc) is 2.64. The third-order valence-electron chi connectivity index (χ3n) is 3.11. The van der Waals surface area contributed by atoms with Crippen molar-refractivity contribution in [1.29, 1.82) is 0 Å². The van der Waals surface area contributed by atoms with Crippen molar-refractivity contribution in [1.82, 2.24) is 20.4 Å². The Morgan fingerprint density at radius 2 is 1.90 bits per heavy atom. The Balaban J connectivity index is 2.31. The summed E-state index contributed by atoms with van der Waals surface area (Å²) in [5.74, 6) is 0.177. The predicted octanol–water partition coefficient (Wildman–Crippen LogP) is 0.361. The minimum Gasteiger partial charge on any atom is -0.396 e. The molecule has 1 aromatic rings. The molecule has 7 nitrogen and oxygen atoms in total. The first-order valence-electron chi connectivity index (χ1n) is 7.14. The van der Waals surface area contributed by atoms with E-state index < -0.39 is 0 Å². The first kappa shape index (κ1) is 17.0. The van der Waals surface area contributed by atoms with Crippen molar-refractivity contribution >= 4 is 17.5 Å². The van der Waals surface area contributed by atoms with Crippen LogP contribution in [0, 0.1) is 19.8 Å². The van der Waals surface area contributed by atoms with Gasteiger partial charge in [0.15, 0.2) is 0 Å². The van der Waals surface area contributed by atoms with Crippen LogP contribution in [0.15, 0.2) is 0 Å². The molecule has 0 atom stereocenters. The van der Waals surface area contributed by atoms with Crippen molar-refractivity contribution in [3.05, 3.63) is 11.4 Å². The van der Waals surface area contributed by atoms with Crippen molar-refractivity contribution in [2.24, 2.45) is 5.92 Å². The lowest BCUT2D eigenvalue weighted by molar-refractivity contribution is -0.122. The lowest BCUT2D eigenvalue weighted by atomic mass is 10.2. The molecule has 0 spiro atoms. The zero-order valence-corrected chi connectivity index (χ0v) is 13.2. The summed E-state index contributed by atoms with van der Waals surface area (Å²) in [6, 6.07) is 0. The van der Waals surface area contributed by atoms with Gasteiger partial charge in [0.25, 0.3) is 0 Å². The first-order valence-corrected chi connectivity index (χ1v) is 7.14. The molecule has 2 amide bonds. The molecule has 21 heavy (non-hydrogen) atoms. The maximum Gasteiger partial charge on any atom is 0.241 e. The molecule has 1 aromatic heterocycles. The van der Waals surface area contributed by atoms with Crippen molar-refractivity contribution in [3.63, 3.8) is 0 Å². The number of nitrogens with two attached hydrogens (primary N) is 1. The second kappa shape index (κ2) is 7.66.